The summed E-state index contributed by atoms with van der Waals surface area (Å²) < 4.78 is 5.96. The normalized spacial score (nSPS) is 25.9. The Kier molecular flexibility index (Phi) is 4.38. The number of halogens is 1. The molecule has 0 unspecified atom stereocenters. The zero-order chi connectivity index (χ0) is 12.3. The largest absolute Gasteiger partial charge is 0.444 e. The molecule has 0 aromatic heterocycles. The number of aliphatic hydroxyl groups is 1. The van der Waals surface area contributed by atoms with Crippen LogP contribution in [-0.2, 0) is 4.74 Å². The van der Waals surface area contributed by atoms with Gasteiger partial charge >= 0.3 is 6.09 Å². The van der Waals surface area contributed by atoms with Crippen LogP contribution < -0.4 is 5.32 Å². The van der Waals surface area contributed by atoms with Crippen molar-refractivity contribution >= 4 is 22.0 Å². The van der Waals surface area contributed by atoms with E-state index in [0.29, 0.717) is 12.8 Å². The van der Waals surface area contributed by atoms with Crippen LogP contribution in [0.3, 0.4) is 0 Å². The first kappa shape index (κ1) is 13.5. The molecule has 1 rings (SSSR count). The summed E-state index contributed by atoms with van der Waals surface area (Å²) in [7, 11) is 0. The highest BCUT2D eigenvalue weighted by Gasteiger charge is 2.24. The molecule has 5 heteroatoms. The van der Waals surface area contributed by atoms with Gasteiger partial charge in [-0.25, -0.2) is 4.79 Å². The zero-order valence-corrected chi connectivity index (χ0v) is 11.4. The second-order valence-electron chi connectivity index (χ2n) is 4.90. The van der Waals surface area contributed by atoms with E-state index < -0.39 is 17.8 Å². The highest BCUT2D eigenvalue weighted by molar-refractivity contribution is 9.11. The highest BCUT2D eigenvalue weighted by atomic mass is 79.9. The summed E-state index contributed by atoms with van der Waals surface area (Å²) in [6, 6.07) is -0.0988. The van der Waals surface area contributed by atoms with Crippen molar-refractivity contribution in [1.29, 1.82) is 0 Å². The summed E-state index contributed by atoms with van der Waals surface area (Å²) in [6.07, 6.45) is 2.20. The van der Waals surface area contributed by atoms with Gasteiger partial charge in [0.2, 0.25) is 0 Å². The number of amides is 1. The number of rotatable bonds is 1. The van der Waals surface area contributed by atoms with E-state index >= 15 is 0 Å². The molecule has 0 aromatic carbocycles. The molecule has 2 atom stereocenters. The Morgan fingerprint density at radius 2 is 2.19 bits per heavy atom. The Morgan fingerprint density at radius 1 is 1.56 bits per heavy atom. The van der Waals surface area contributed by atoms with E-state index in [1.807, 2.05) is 20.8 Å². The lowest BCUT2D eigenvalue weighted by molar-refractivity contribution is 0.0505. The van der Waals surface area contributed by atoms with Gasteiger partial charge in [0.15, 0.2) is 0 Å². The van der Waals surface area contributed by atoms with Crippen LogP contribution in [0.5, 0.6) is 0 Å². The summed E-state index contributed by atoms with van der Waals surface area (Å²) in [6.45, 7) is 5.46. The smallest absolute Gasteiger partial charge is 0.408 e. The molecule has 0 saturated heterocycles. The SMILES string of the molecule is CC(C)(C)OC(=O)N[C@@H]1CC[C@H](O)C=C1Br. The molecule has 0 fully saturated rings. The molecule has 0 aromatic rings. The van der Waals surface area contributed by atoms with E-state index in [-0.39, 0.29) is 6.04 Å². The average Bonchev–Trinajstić information content (AvgIpc) is 2.06. The third-order valence-corrected chi connectivity index (χ3v) is 2.94. The monoisotopic (exact) mass is 291 g/mol. The third kappa shape index (κ3) is 4.53. The lowest BCUT2D eigenvalue weighted by atomic mass is 10.0. The zero-order valence-electron chi connectivity index (χ0n) is 9.79. The van der Waals surface area contributed by atoms with E-state index in [2.05, 4.69) is 21.2 Å². The number of alkyl carbamates (subject to hydrolysis) is 1. The van der Waals surface area contributed by atoms with Crippen molar-refractivity contribution in [3.8, 4) is 0 Å². The van der Waals surface area contributed by atoms with Crippen LogP contribution in [0.2, 0.25) is 0 Å². The maximum atomic E-state index is 11.5. The molecule has 0 heterocycles. The van der Waals surface area contributed by atoms with Gasteiger partial charge in [-0.2, -0.15) is 0 Å². The van der Waals surface area contributed by atoms with Gasteiger partial charge in [0.05, 0.1) is 12.1 Å². The Hall–Kier alpha value is -0.550. The first-order chi connectivity index (χ1) is 7.28. The Labute approximate surface area is 104 Å². The quantitative estimate of drug-likeness (QED) is 0.779. The van der Waals surface area contributed by atoms with E-state index in [1.165, 1.54) is 0 Å². The van der Waals surface area contributed by atoms with Crippen LogP contribution in [0.1, 0.15) is 33.6 Å². The van der Waals surface area contributed by atoms with Gasteiger partial charge in [-0.1, -0.05) is 15.9 Å². The Balaban J connectivity index is 2.49. The van der Waals surface area contributed by atoms with Crippen LogP contribution in [0.4, 0.5) is 4.79 Å². The van der Waals surface area contributed by atoms with Crippen molar-refractivity contribution in [3.05, 3.63) is 10.6 Å². The number of nitrogens with one attached hydrogen (secondary N) is 1. The minimum atomic E-state index is -0.492. The molecule has 1 aliphatic carbocycles. The first-order valence-corrected chi connectivity index (χ1v) is 6.12. The topological polar surface area (TPSA) is 58.6 Å². The molecule has 2 N–H and O–H groups in total. The van der Waals surface area contributed by atoms with Crippen molar-refractivity contribution in [2.45, 2.75) is 51.4 Å². The van der Waals surface area contributed by atoms with Crippen LogP contribution in [-0.4, -0.2) is 28.9 Å². The molecule has 1 aliphatic rings. The van der Waals surface area contributed by atoms with Gasteiger partial charge in [0, 0.05) is 4.48 Å². The second-order valence-corrected chi connectivity index (χ2v) is 5.81. The molecule has 4 nitrogen and oxygen atoms in total. The van der Waals surface area contributed by atoms with E-state index in [0.717, 1.165) is 4.48 Å². The van der Waals surface area contributed by atoms with Crippen molar-refractivity contribution in [2.75, 3.05) is 0 Å². The van der Waals surface area contributed by atoms with Gasteiger partial charge < -0.3 is 15.2 Å². The van der Waals surface area contributed by atoms with Crippen LogP contribution in [0.15, 0.2) is 10.6 Å². The standard InChI is InChI=1S/C11H18BrNO3/c1-11(2,3)16-10(15)13-9-5-4-7(14)6-8(9)12/h6-7,9,14H,4-5H2,1-3H3,(H,13,15)/t7-,9+/m0/s1. The third-order valence-electron chi connectivity index (χ3n) is 2.13. The van der Waals surface area contributed by atoms with Crippen molar-refractivity contribution in [2.24, 2.45) is 0 Å². The minimum absolute atomic E-state index is 0.0988. The number of hydrogen-bond acceptors (Lipinski definition) is 3. The fourth-order valence-corrected chi connectivity index (χ4v) is 2.10. The van der Waals surface area contributed by atoms with Crippen LogP contribution in [0, 0.1) is 0 Å². The van der Waals surface area contributed by atoms with Crippen molar-refractivity contribution in [3.63, 3.8) is 0 Å². The molecule has 1 amide bonds. The van der Waals surface area contributed by atoms with Crippen LogP contribution >= 0.6 is 15.9 Å². The van der Waals surface area contributed by atoms with Crippen LogP contribution in [0.25, 0.3) is 0 Å². The van der Waals surface area contributed by atoms with Gasteiger partial charge in [-0.05, 0) is 39.7 Å². The maximum absolute atomic E-state index is 11.5. The lowest BCUT2D eigenvalue weighted by Crippen LogP contribution is -2.41. The molecular formula is C11H18BrNO3. The molecule has 0 bridgehead atoms. The maximum Gasteiger partial charge on any atom is 0.408 e. The molecule has 0 radical (unpaired) electrons. The molecule has 0 aliphatic heterocycles. The van der Waals surface area contributed by atoms with Gasteiger partial charge in [0.25, 0.3) is 0 Å². The minimum Gasteiger partial charge on any atom is -0.444 e. The summed E-state index contributed by atoms with van der Waals surface area (Å²) in [5, 5.41) is 12.1. The molecule has 92 valence electrons. The number of hydrogen-bond donors (Lipinski definition) is 2. The Bertz CT molecular complexity index is 296. The molecule has 16 heavy (non-hydrogen) atoms. The first-order valence-electron chi connectivity index (χ1n) is 5.33. The Morgan fingerprint density at radius 3 is 2.69 bits per heavy atom. The van der Waals surface area contributed by atoms with E-state index in [4.69, 9.17) is 4.74 Å². The molecule has 0 spiro atoms. The second kappa shape index (κ2) is 5.19. The average molecular weight is 292 g/mol. The van der Waals surface area contributed by atoms with E-state index in [9.17, 15) is 9.90 Å². The summed E-state index contributed by atoms with van der Waals surface area (Å²) in [4.78, 5) is 11.5. The number of carbonyl (C=O) groups is 1. The van der Waals surface area contributed by atoms with Gasteiger partial charge in [0.1, 0.15) is 5.60 Å². The predicted octanol–water partition coefficient (Wildman–Crippen LogP) is 2.31. The summed E-state index contributed by atoms with van der Waals surface area (Å²) in [5.74, 6) is 0. The number of aliphatic hydroxyl groups excluding tert-OH is 1. The van der Waals surface area contributed by atoms with Crippen molar-refractivity contribution in [1.82, 2.24) is 5.32 Å². The van der Waals surface area contributed by atoms with Gasteiger partial charge in [-0.3, -0.25) is 0 Å². The summed E-state index contributed by atoms with van der Waals surface area (Å²) >= 11 is 3.33. The number of ether oxygens (including phenoxy) is 1. The lowest BCUT2D eigenvalue weighted by Gasteiger charge is -2.26. The fraction of sp³-hybridized carbons (Fsp3) is 0.727. The van der Waals surface area contributed by atoms with Crippen molar-refractivity contribution < 1.29 is 14.6 Å². The molecular weight excluding hydrogens is 274 g/mol. The predicted molar refractivity (Wildman–Crippen MR) is 65.4 cm³/mol. The van der Waals surface area contributed by atoms with E-state index in [1.54, 1.807) is 6.08 Å². The summed E-state index contributed by atoms with van der Waals surface area (Å²) in [5.41, 5.74) is -0.492. The van der Waals surface area contributed by atoms with Gasteiger partial charge in [-0.15, -0.1) is 0 Å². The number of carbonyl (C=O) groups excluding carboxylic acids is 1. The fourth-order valence-electron chi connectivity index (χ4n) is 1.45. The molecule has 0 saturated carbocycles. The highest BCUT2D eigenvalue weighted by Crippen LogP contribution is 2.23.